The molecule has 0 aliphatic carbocycles. The van der Waals surface area contributed by atoms with E-state index in [4.69, 9.17) is 10.00 Å². The van der Waals surface area contributed by atoms with Crippen LogP contribution in [0, 0.1) is 11.3 Å². The molecule has 0 saturated carbocycles. The quantitative estimate of drug-likeness (QED) is 0.558. The molecule has 2 heterocycles. The lowest BCUT2D eigenvalue weighted by molar-refractivity contribution is -0.148. The average Bonchev–Trinajstić information content (AvgIpc) is 3.31. The van der Waals surface area contributed by atoms with E-state index in [2.05, 4.69) is 0 Å². The van der Waals surface area contributed by atoms with Crippen LogP contribution in [0.25, 0.3) is 6.08 Å². The maximum Gasteiger partial charge on any atom is 0.331 e. The molecule has 1 aliphatic heterocycles. The standard InChI is InChI=1S/C21H19N3O4S/c22-14-17-5-3-16(4-6-17)7-8-20(26)28-15-19(25)23-9-11-24(12-10-23)21(27)18-2-1-13-29-18/h1-8,13H,9-12,15H2/b8-7+. The number of amides is 2. The van der Waals surface area contributed by atoms with Gasteiger partial charge in [0, 0.05) is 32.3 Å². The first-order valence-electron chi connectivity index (χ1n) is 9.02. The third kappa shape index (κ3) is 5.53. The number of carbonyl (C=O) groups excluding carboxylic acids is 3. The molecule has 8 heteroatoms. The zero-order valence-corrected chi connectivity index (χ0v) is 16.4. The normalized spacial score (nSPS) is 13.9. The number of hydrogen-bond acceptors (Lipinski definition) is 6. The molecule has 2 amide bonds. The second kappa shape index (κ2) is 9.66. The highest BCUT2D eigenvalue weighted by Gasteiger charge is 2.25. The van der Waals surface area contributed by atoms with Crippen LogP contribution in [0.15, 0.2) is 47.9 Å². The van der Waals surface area contributed by atoms with E-state index >= 15 is 0 Å². The molecule has 2 aromatic rings. The molecule has 7 nitrogen and oxygen atoms in total. The van der Waals surface area contributed by atoms with Gasteiger partial charge in [0.05, 0.1) is 16.5 Å². The Balaban J connectivity index is 1.41. The second-order valence-electron chi connectivity index (χ2n) is 6.33. The number of esters is 1. The maximum absolute atomic E-state index is 12.3. The van der Waals surface area contributed by atoms with Crippen LogP contribution in [0.4, 0.5) is 0 Å². The fourth-order valence-electron chi connectivity index (χ4n) is 2.82. The van der Waals surface area contributed by atoms with Crippen molar-refractivity contribution in [1.29, 1.82) is 5.26 Å². The fourth-order valence-corrected chi connectivity index (χ4v) is 3.51. The van der Waals surface area contributed by atoms with Crippen molar-refractivity contribution in [3.63, 3.8) is 0 Å². The monoisotopic (exact) mass is 409 g/mol. The number of carbonyl (C=O) groups is 3. The molecule has 0 unspecified atom stereocenters. The van der Waals surface area contributed by atoms with Crippen molar-refractivity contribution in [3.8, 4) is 6.07 Å². The Hall–Kier alpha value is -3.44. The summed E-state index contributed by atoms with van der Waals surface area (Å²) >= 11 is 1.40. The molecule has 3 rings (SSSR count). The number of benzene rings is 1. The van der Waals surface area contributed by atoms with E-state index in [1.807, 2.05) is 17.5 Å². The van der Waals surface area contributed by atoms with Crippen LogP contribution < -0.4 is 0 Å². The number of thiophene rings is 1. The zero-order chi connectivity index (χ0) is 20.6. The SMILES string of the molecule is N#Cc1ccc(/C=C/C(=O)OCC(=O)N2CCN(C(=O)c3cccs3)CC2)cc1. The molecule has 1 fully saturated rings. The van der Waals surface area contributed by atoms with Crippen molar-refractivity contribution in [3.05, 3.63) is 63.9 Å². The van der Waals surface area contributed by atoms with Gasteiger partial charge in [-0.1, -0.05) is 18.2 Å². The Morgan fingerprint density at radius 1 is 1.07 bits per heavy atom. The zero-order valence-electron chi connectivity index (χ0n) is 15.6. The highest BCUT2D eigenvalue weighted by atomic mass is 32.1. The summed E-state index contributed by atoms with van der Waals surface area (Å²) in [5, 5.41) is 10.6. The number of nitriles is 1. The van der Waals surface area contributed by atoms with Gasteiger partial charge in [-0.25, -0.2) is 4.79 Å². The molecule has 0 bridgehead atoms. The van der Waals surface area contributed by atoms with Gasteiger partial charge in [0.2, 0.25) is 0 Å². The Kier molecular flexibility index (Phi) is 6.76. The minimum atomic E-state index is -0.616. The first-order chi connectivity index (χ1) is 14.1. The predicted octanol–water partition coefficient (Wildman–Crippen LogP) is 2.16. The molecule has 1 aromatic carbocycles. The Morgan fingerprint density at radius 2 is 1.76 bits per heavy atom. The predicted molar refractivity (Wildman–Crippen MR) is 108 cm³/mol. The smallest absolute Gasteiger partial charge is 0.331 e. The Labute approximate surface area is 172 Å². The first kappa shape index (κ1) is 20.3. The van der Waals surface area contributed by atoms with Crippen LogP contribution in [0.5, 0.6) is 0 Å². The first-order valence-corrected chi connectivity index (χ1v) is 9.90. The molecule has 29 heavy (non-hydrogen) atoms. The van der Waals surface area contributed by atoms with E-state index in [-0.39, 0.29) is 18.4 Å². The third-order valence-corrected chi connectivity index (χ3v) is 5.30. The van der Waals surface area contributed by atoms with Crippen molar-refractivity contribution in [2.45, 2.75) is 0 Å². The van der Waals surface area contributed by atoms with Crippen LogP contribution in [-0.4, -0.2) is 60.4 Å². The molecule has 0 spiro atoms. The van der Waals surface area contributed by atoms with Gasteiger partial charge in [0.25, 0.3) is 11.8 Å². The summed E-state index contributed by atoms with van der Waals surface area (Å²) in [5.41, 5.74) is 1.28. The lowest BCUT2D eigenvalue weighted by atomic mass is 10.1. The minimum Gasteiger partial charge on any atom is -0.452 e. The van der Waals surface area contributed by atoms with Gasteiger partial charge < -0.3 is 14.5 Å². The molecule has 0 atom stereocenters. The molecule has 1 aliphatic rings. The second-order valence-corrected chi connectivity index (χ2v) is 7.27. The number of piperazine rings is 1. The summed E-state index contributed by atoms with van der Waals surface area (Å²) in [6.45, 7) is 1.39. The van der Waals surface area contributed by atoms with Crippen LogP contribution in [-0.2, 0) is 14.3 Å². The van der Waals surface area contributed by atoms with Gasteiger partial charge in [-0.15, -0.1) is 11.3 Å². The van der Waals surface area contributed by atoms with Crippen molar-refractivity contribution in [2.24, 2.45) is 0 Å². The number of rotatable bonds is 5. The summed E-state index contributed by atoms with van der Waals surface area (Å²) in [7, 11) is 0. The third-order valence-electron chi connectivity index (χ3n) is 4.44. The van der Waals surface area contributed by atoms with Crippen molar-refractivity contribution < 1.29 is 19.1 Å². The van der Waals surface area contributed by atoms with Crippen LogP contribution in [0.3, 0.4) is 0 Å². The van der Waals surface area contributed by atoms with E-state index in [9.17, 15) is 14.4 Å². The van der Waals surface area contributed by atoms with E-state index in [0.29, 0.717) is 36.6 Å². The van der Waals surface area contributed by atoms with Crippen LogP contribution in [0.2, 0.25) is 0 Å². The maximum atomic E-state index is 12.3. The highest BCUT2D eigenvalue weighted by Crippen LogP contribution is 2.14. The van der Waals surface area contributed by atoms with Crippen LogP contribution in [0.1, 0.15) is 20.8 Å². The summed E-state index contributed by atoms with van der Waals surface area (Å²) in [6, 6.07) is 12.4. The van der Waals surface area contributed by atoms with E-state index in [0.717, 1.165) is 5.56 Å². The van der Waals surface area contributed by atoms with Gasteiger partial charge in [-0.05, 0) is 35.2 Å². The van der Waals surface area contributed by atoms with Gasteiger partial charge in [-0.3, -0.25) is 9.59 Å². The largest absolute Gasteiger partial charge is 0.452 e. The van der Waals surface area contributed by atoms with E-state index in [1.54, 1.807) is 46.2 Å². The lowest BCUT2D eigenvalue weighted by Gasteiger charge is -2.34. The fraction of sp³-hybridized carbons (Fsp3) is 0.238. The number of ether oxygens (including phenoxy) is 1. The highest BCUT2D eigenvalue weighted by molar-refractivity contribution is 7.12. The van der Waals surface area contributed by atoms with Crippen molar-refractivity contribution in [2.75, 3.05) is 32.8 Å². The summed E-state index contributed by atoms with van der Waals surface area (Å²) in [4.78, 5) is 40.4. The molecular weight excluding hydrogens is 390 g/mol. The summed E-state index contributed by atoms with van der Waals surface area (Å²) in [5.74, 6) is -0.922. The van der Waals surface area contributed by atoms with Gasteiger partial charge in [0.15, 0.2) is 6.61 Å². The number of hydrogen-bond donors (Lipinski definition) is 0. The van der Waals surface area contributed by atoms with Gasteiger partial charge in [-0.2, -0.15) is 5.26 Å². The molecule has 0 radical (unpaired) electrons. The van der Waals surface area contributed by atoms with Gasteiger partial charge in [0.1, 0.15) is 0 Å². The van der Waals surface area contributed by atoms with Crippen molar-refractivity contribution in [1.82, 2.24) is 9.80 Å². The average molecular weight is 409 g/mol. The minimum absolute atomic E-state index is 0.0218. The molecule has 1 aromatic heterocycles. The molecule has 148 valence electrons. The van der Waals surface area contributed by atoms with E-state index in [1.165, 1.54) is 17.4 Å². The van der Waals surface area contributed by atoms with Crippen LogP contribution >= 0.6 is 11.3 Å². The molecular formula is C21H19N3O4S. The Bertz CT molecular complexity index is 937. The van der Waals surface area contributed by atoms with E-state index < -0.39 is 5.97 Å². The summed E-state index contributed by atoms with van der Waals surface area (Å²) in [6.07, 6.45) is 2.80. The Morgan fingerprint density at radius 3 is 2.38 bits per heavy atom. The van der Waals surface area contributed by atoms with Gasteiger partial charge >= 0.3 is 5.97 Å². The topological polar surface area (TPSA) is 90.7 Å². The summed E-state index contributed by atoms with van der Waals surface area (Å²) < 4.78 is 5.01. The van der Waals surface area contributed by atoms with Crippen molar-refractivity contribution >= 4 is 35.2 Å². The lowest BCUT2D eigenvalue weighted by Crippen LogP contribution is -2.51. The molecule has 1 saturated heterocycles. The molecule has 0 N–H and O–H groups in total. The number of nitrogens with zero attached hydrogens (tertiary/aromatic N) is 3.